The highest BCUT2D eigenvalue weighted by atomic mass is 28.3. The molecule has 3 aromatic rings. The van der Waals surface area contributed by atoms with Crippen molar-refractivity contribution in [2.24, 2.45) is 0 Å². The zero-order chi connectivity index (χ0) is 16.1. The highest BCUT2D eigenvalue weighted by Gasteiger charge is 2.28. The Labute approximate surface area is 138 Å². The summed E-state index contributed by atoms with van der Waals surface area (Å²) in [5.41, 5.74) is 6.65. The van der Waals surface area contributed by atoms with Crippen LogP contribution in [0.25, 0.3) is 11.1 Å². The molecule has 2 nitrogen and oxygen atoms in total. The molecule has 3 rings (SSSR count). The lowest BCUT2D eigenvalue weighted by Crippen LogP contribution is -2.48. The first-order chi connectivity index (χ1) is 11.3. The van der Waals surface area contributed by atoms with E-state index in [2.05, 4.69) is 82.6 Å². The highest BCUT2D eigenvalue weighted by molar-refractivity contribution is 6.98. The second-order valence-corrected chi connectivity index (χ2v) is 9.42. The molecular weight excluding hydrogens is 296 g/mol. The van der Waals surface area contributed by atoms with E-state index in [9.17, 15) is 0 Å². The molecule has 0 atom stereocenters. The summed E-state index contributed by atoms with van der Waals surface area (Å²) in [5, 5.41) is 1.32. The molecule has 0 saturated carbocycles. The van der Waals surface area contributed by atoms with Crippen LogP contribution in [0.2, 0.25) is 0 Å². The van der Waals surface area contributed by atoms with Gasteiger partial charge in [-0.15, -0.1) is 13.2 Å². The SMILES string of the molecule is C=C[Si](C=C)(Cn1ccnc1)c1ccc(-c2ccccc2)cc1. The van der Waals surface area contributed by atoms with Crippen LogP contribution in [0.5, 0.6) is 0 Å². The number of aromatic nitrogens is 2. The van der Waals surface area contributed by atoms with E-state index in [1.807, 2.05) is 24.8 Å². The van der Waals surface area contributed by atoms with Crippen molar-refractivity contribution in [1.29, 1.82) is 0 Å². The summed E-state index contributed by atoms with van der Waals surface area (Å²) in [6.45, 7) is 8.20. The van der Waals surface area contributed by atoms with Crippen LogP contribution in [0, 0.1) is 0 Å². The molecule has 0 aliphatic carbocycles. The lowest BCUT2D eigenvalue weighted by Gasteiger charge is -2.25. The van der Waals surface area contributed by atoms with Gasteiger partial charge in [-0.2, -0.15) is 0 Å². The first kappa shape index (κ1) is 15.3. The fraction of sp³-hybridized carbons (Fsp3) is 0.0500. The van der Waals surface area contributed by atoms with Gasteiger partial charge in [0.2, 0.25) is 0 Å². The monoisotopic (exact) mass is 316 g/mol. The van der Waals surface area contributed by atoms with Gasteiger partial charge < -0.3 is 4.57 Å². The standard InChI is InChI=1S/C20H20N2Si/c1-3-23(4-2,17-22-15-14-21-16-22)20-12-10-19(11-13-20)18-8-6-5-7-9-18/h3-16H,1-2,17H2. The minimum absolute atomic E-state index is 0.880. The van der Waals surface area contributed by atoms with Crippen molar-refractivity contribution in [2.75, 3.05) is 0 Å². The van der Waals surface area contributed by atoms with Crippen molar-refractivity contribution in [1.82, 2.24) is 9.55 Å². The third-order valence-electron chi connectivity index (χ3n) is 4.26. The van der Waals surface area contributed by atoms with Gasteiger partial charge in [0.15, 0.2) is 8.07 Å². The molecule has 0 saturated heterocycles. The van der Waals surface area contributed by atoms with E-state index in [1.54, 1.807) is 0 Å². The topological polar surface area (TPSA) is 17.8 Å². The molecule has 0 spiro atoms. The first-order valence-corrected chi connectivity index (χ1v) is 10.0. The van der Waals surface area contributed by atoms with Crippen molar-refractivity contribution >= 4 is 13.3 Å². The van der Waals surface area contributed by atoms with Gasteiger partial charge in [0, 0.05) is 18.6 Å². The molecule has 23 heavy (non-hydrogen) atoms. The number of benzene rings is 2. The molecule has 0 amide bonds. The quantitative estimate of drug-likeness (QED) is 0.631. The third kappa shape index (κ3) is 3.10. The van der Waals surface area contributed by atoms with E-state index < -0.39 is 8.07 Å². The van der Waals surface area contributed by atoms with E-state index in [0.717, 1.165) is 6.17 Å². The summed E-state index contributed by atoms with van der Waals surface area (Å²) < 4.78 is 2.11. The van der Waals surface area contributed by atoms with Crippen LogP contribution in [0.4, 0.5) is 0 Å². The van der Waals surface area contributed by atoms with Gasteiger partial charge >= 0.3 is 0 Å². The van der Waals surface area contributed by atoms with Crippen LogP contribution in [-0.4, -0.2) is 17.6 Å². The smallest absolute Gasteiger partial charge is 0.152 e. The van der Waals surface area contributed by atoms with Crippen LogP contribution in [0.3, 0.4) is 0 Å². The zero-order valence-electron chi connectivity index (χ0n) is 13.1. The van der Waals surface area contributed by atoms with E-state index in [-0.39, 0.29) is 0 Å². The Morgan fingerprint density at radius 3 is 2.13 bits per heavy atom. The Kier molecular flexibility index (Phi) is 4.39. The predicted molar refractivity (Wildman–Crippen MR) is 99.9 cm³/mol. The van der Waals surface area contributed by atoms with Crippen molar-refractivity contribution in [3.05, 3.63) is 97.9 Å². The van der Waals surface area contributed by atoms with Crippen LogP contribution in [0.1, 0.15) is 0 Å². The van der Waals surface area contributed by atoms with Crippen LogP contribution in [0.15, 0.2) is 97.9 Å². The van der Waals surface area contributed by atoms with Crippen molar-refractivity contribution < 1.29 is 0 Å². The van der Waals surface area contributed by atoms with Crippen LogP contribution in [-0.2, 0) is 6.17 Å². The molecule has 0 aliphatic rings. The minimum Gasteiger partial charge on any atom is -0.339 e. The minimum atomic E-state index is -2.00. The fourth-order valence-corrected chi connectivity index (χ4v) is 5.48. The molecule has 0 N–H and O–H groups in total. The summed E-state index contributed by atoms with van der Waals surface area (Å²) in [4.78, 5) is 4.14. The third-order valence-corrected chi connectivity index (χ3v) is 8.02. The predicted octanol–water partition coefficient (Wildman–Crippen LogP) is 3.90. The lowest BCUT2D eigenvalue weighted by molar-refractivity contribution is 0.861. The first-order valence-electron chi connectivity index (χ1n) is 7.66. The van der Waals surface area contributed by atoms with E-state index in [0.29, 0.717) is 0 Å². The number of imidazole rings is 1. The molecule has 114 valence electrons. The van der Waals surface area contributed by atoms with Gasteiger partial charge in [0.1, 0.15) is 0 Å². The highest BCUT2D eigenvalue weighted by Crippen LogP contribution is 2.19. The number of hydrogen-bond donors (Lipinski definition) is 0. The molecule has 0 unspecified atom stereocenters. The van der Waals surface area contributed by atoms with Gasteiger partial charge in [0.05, 0.1) is 6.33 Å². The molecule has 1 aromatic heterocycles. The van der Waals surface area contributed by atoms with Gasteiger partial charge in [-0.25, -0.2) is 4.98 Å². The van der Waals surface area contributed by atoms with Crippen molar-refractivity contribution in [3.63, 3.8) is 0 Å². The summed E-state index contributed by atoms with van der Waals surface area (Å²) in [7, 11) is -2.00. The molecular formula is C20H20N2Si. The van der Waals surface area contributed by atoms with Crippen LogP contribution >= 0.6 is 0 Å². The maximum absolute atomic E-state index is 4.14. The largest absolute Gasteiger partial charge is 0.339 e. The fourth-order valence-electron chi connectivity index (χ4n) is 2.83. The second-order valence-electron chi connectivity index (χ2n) is 5.63. The van der Waals surface area contributed by atoms with E-state index >= 15 is 0 Å². The Morgan fingerprint density at radius 1 is 0.913 bits per heavy atom. The second kappa shape index (κ2) is 6.63. The summed E-state index contributed by atoms with van der Waals surface area (Å²) in [5.74, 6) is 0. The van der Waals surface area contributed by atoms with Crippen molar-refractivity contribution in [3.8, 4) is 11.1 Å². The summed E-state index contributed by atoms with van der Waals surface area (Å²) in [6.07, 6.45) is 6.54. The van der Waals surface area contributed by atoms with Gasteiger partial charge in [-0.1, -0.05) is 66.0 Å². The average molecular weight is 316 g/mol. The Balaban J connectivity index is 1.94. The van der Waals surface area contributed by atoms with Crippen molar-refractivity contribution in [2.45, 2.75) is 6.17 Å². The maximum Gasteiger partial charge on any atom is 0.152 e. The number of rotatable bonds is 6. The Morgan fingerprint density at radius 2 is 1.57 bits per heavy atom. The molecule has 0 radical (unpaired) electrons. The van der Waals surface area contributed by atoms with Gasteiger partial charge in [-0.3, -0.25) is 0 Å². The molecule has 0 fully saturated rings. The van der Waals surface area contributed by atoms with Crippen LogP contribution < -0.4 is 5.19 Å². The summed E-state index contributed by atoms with van der Waals surface area (Å²) >= 11 is 0. The lowest BCUT2D eigenvalue weighted by atomic mass is 10.1. The zero-order valence-corrected chi connectivity index (χ0v) is 14.1. The molecule has 3 heteroatoms. The number of hydrogen-bond acceptors (Lipinski definition) is 1. The Bertz CT molecular complexity index is 766. The van der Waals surface area contributed by atoms with E-state index in [1.165, 1.54) is 16.3 Å². The van der Waals surface area contributed by atoms with E-state index in [4.69, 9.17) is 0 Å². The number of nitrogens with zero attached hydrogens (tertiary/aromatic N) is 2. The normalized spacial score (nSPS) is 11.1. The maximum atomic E-state index is 4.14. The molecule has 0 aliphatic heterocycles. The molecule has 2 aromatic carbocycles. The van der Waals surface area contributed by atoms with Gasteiger partial charge in [0.25, 0.3) is 0 Å². The Hall–Kier alpha value is -2.65. The van der Waals surface area contributed by atoms with Gasteiger partial charge in [-0.05, 0) is 16.3 Å². The average Bonchev–Trinajstić information content (AvgIpc) is 3.14. The summed E-state index contributed by atoms with van der Waals surface area (Å²) in [6, 6.07) is 19.2. The molecule has 0 bridgehead atoms. The molecule has 1 heterocycles.